The van der Waals surface area contributed by atoms with Crippen molar-refractivity contribution in [3.8, 4) is 17.0 Å². The minimum absolute atomic E-state index is 0.0371. The summed E-state index contributed by atoms with van der Waals surface area (Å²) in [4.78, 5) is 15.0. The van der Waals surface area contributed by atoms with Gasteiger partial charge in [0.05, 0.1) is 23.7 Å². The Hall–Kier alpha value is -2.90. The van der Waals surface area contributed by atoms with Gasteiger partial charge in [-0.2, -0.15) is 0 Å². The Balaban J connectivity index is 1.89. The largest absolute Gasteiger partial charge is 0.496 e. The van der Waals surface area contributed by atoms with E-state index >= 15 is 0 Å². The Bertz CT molecular complexity index is 1030. The van der Waals surface area contributed by atoms with Crippen molar-refractivity contribution in [3.63, 3.8) is 0 Å². The third-order valence-corrected chi connectivity index (χ3v) is 5.18. The average molecular weight is 432 g/mol. The normalized spacial score (nSPS) is 12.1. The molecule has 0 saturated carbocycles. The molecule has 0 aliphatic rings. The Kier molecular flexibility index (Phi) is 6.74. The third-order valence-electron chi connectivity index (χ3n) is 4.87. The van der Waals surface area contributed by atoms with Crippen LogP contribution in [0.3, 0.4) is 0 Å². The number of likely N-dealkylation sites (N-methyl/N-ethyl adjacent to an activating group) is 1. The third kappa shape index (κ3) is 4.32. The van der Waals surface area contributed by atoms with E-state index in [9.17, 15) is 9.18 Å². The molecule has 1 amide bonds. The van der Waals surface area contributed by atoms with Crippen LogP contribution in [0.2, 0.25) is 5.02 Å². The molecule has 6 nitrogen and oxygen atoms in total. The molecule has 3 aromatic rings. The topological polar surface area (TPSA) is 67.6 Å². The smallest absolute Gasteiger partial charge is 0.257 e. The molecule has 158 valence electrons. The number of nitrogens with zero attached hydrogens (tertiary/aromatic N) is 2. The summed E-state index contributed by atoms with van der Waals surface area (Å²) in [5.41, 5.74) is 1.20. The molecule has 1 aromatic heterocycles. The van der Waals surface area contributed by atoms with E-state index in [0.29, 0.717) is 6.54 Å². The van der Waals surface area contributed by atoms with Crippen molar-refractivity contribution in [3.05, 3.63) is 70.2 Å². The molecular weight excluding hydrogens is 409 g/mol. The molecule has 8 heteroatoms. The van der Waals surface area contributed by atoms with Crippen LogP contribution in [-0.2, 0) is 0 Å². The monoisotopic (exact) mass is 431 g/mol. The van der Waals surface area contributed by atoms with Crippen molar-refractivity contribution in [1.82, 2.24) is 15.4 Å². The van der Waals surface area contributed by atoms with Gasteiger partial charge < -0.3 is 19.5 Å². The average Bonchev–Trinajstić information content (AvgIpc) is 3.09. The number of carbonyl (C=O) groups is 1. The van der Waals surface area contributed by atoms with Crippen LogP contribution in [0.15, 0.2) is 47.0 Å². The first-order chi connectivity index (χ1) is 14.3. The first kappa shape index (κ1) is 21.8. The van der Waals surface area contributed by atoms with Crippen molar-refractivity contribution < 1.29 is 18.4 Å². The van der Waals surface area contributed by atoms with Crippen molar-refractivity contribution in [2.75, 3.05) is 27.7 Å². The number of rotatable bonds is 7. The van der Waals surface area contributed by atoms with E-state index in [-0.39, 0.29) is 33.6 Å². The summed E-state index contributed by atoms with van der Waals surface area (Å²) in [5, 5.41) is 6.94. The summed E-state index contributed by atoms with van der Waals surface area (Å²) in [7, 11) is 5.44. The highest BCUT2D eigenvalue weighted by Crippen LogP contribution is 2.33. The fourth-order valence-electron chi connectivity index (χ4n) is 3.32. The molecular formula is C22H23ClFN3O3. The van der Waals surface area contributed by atoms with Crippen LogP contribution in [0.25, 0.3) is 11.3 Å². The molecule has 1 N–H and O–H groups in total. The number of aryl methyl sites for hydroxylation is 1. The first-order valence-electron chi connectivity index (χ1n) is 9.33. The summed E-state index contributed by atoms with van der Waals surface area (Å²) in [6, 6.07) is 11.8. The summed E-state index contributed by atoms with van der Waals surface area (Å²) in [5.74, 6) is 0.000747. The van der Waals surface area contributed by atoms with Gasteiger partial charge in [0.2, 0.25) is 0 Å². The molecule has 1 heterocycles. The molecule has 30 heavy (non-hydrogen) atoms. The lowest BCUT2D eigenvalue weighted by atomic mass is 10.0. The summed E-state index contributed by atoms with van der Waals surface area (Å²) < 4.78 is 25.0. The quantitative estimate of drug-likeness (QED) is 0.597. The number of hydrogen-bond donors (Lipinski definition) is 1. The summed E-state index contributed by atoms with van der Waals surface area (Å²) in [6.45, 7) is 1.89. The van der Waals surface area contributed by atoms with Crippen molar-refractivity contribution in [2.24, 2.45) is 0 Å². The fourth-order valence-corrected chi connectivity index (χ4v) is 3.58. The van der Waals surface area contributed by atoms with Gasteiger partial charge in [0, 0.05) is 12.1 Å². The van der Waals surface area contributed by atoms with Gasteiger partial charge in [0.1, 0.15) is 28.6 Å². The zero-order chi connectivity index (χ0) is 21.8. The molecule has 2 aromatic carbocycles. The molecule has 0 bridgehead atoms. The number of carbonyl (C=O) groups excluding carboxylic acids is 1. The van der Waals surface area contributed by atoms with Gasteiger partial charge in [-0.05, 0) is 39.2 Å². The molecule has 0 aliphatic heterocycles. The second kappa shape index (κ2) is 9.28. The van der Waals surface area contributed by atoms with Gasteiger partial charge in [-0.25, -0.2) is 4.39 Å². The number of para-hydroxylation sites is 1. The molecule has 0 aliphatic carbocycles. The number of nitrogens with one attached hydrogen (secondary N) is 1. The van der Waals surface area contributed by atoms with Gasteiger partial charge in [-0.15, -0.1) is 0 Å². The number of aromatic nitrogens is 1. The van der Waals surface area contributed by atoms with Crippen LogP contribution in [0.5, 0.6) is 5.75 Å². The molecule has 1 unspecified atom stereocenters. The van der Waals surface area contributed by atoms with Gasteiger partial charge >= 0.3 is 0 Å². The highest BCUT2D eigenvalue weighted by atomic mass is 35.5. The Labute approximate surface area is 179 Å². The highest BCUT2D eigenvalue weighted by Gasteiger charge is 2.26. The number of ether oxygens (including phenoxy) is 1. The predicted molar refractivity (Wildman–Crippen MR) is 113 cm³/mol. The second-order valence-electron chi connectivity index (χ2n) is 6.99. The number of benzene rings is 2. The highest BCUT2D eigenvalue weighted by molar-refractivity contribution is 6.33. The van der Waals surface area contributed by atoms with Gasteiger partial charge in [-0.3, -0.25) is 4.79 Å². The van der Waals surface area contributed by atoms with E-state index < -0.39 is 11.7 Å². The molecule has 0 radical (unpaired) electrons. The first-order valence-corrected chi connectivity index (χ1v) is 9.71. The van der Waals surface area contributed by atoms with E-state index in [1.54, 1.807) is 14.0 Å². The van der Waals surface area contributed by atoms with Crippen LogP contribution < -0.4 is 10.1 Å². The Morgan fingerprint density at radius 2 is 2.00 bits per heavy atom. The lowest BCUT2D eigenvalue weighted by molar-refractivity contribution is 0.0940. The van der Waals surface area contributed by atoms with E-state index in [4.69, 9.17) is 20.9 Å². The van der Waals surface area contributed by atoms with Crippen molar-refractivity contribution >= 4 is 17.5 Å². The number of methoxy groups -OCH3 is 1. The number of halogens is 2. The molecule has 0 saturated heterocycles. The zero-order valence-corrected chi connectivity index (χ0v) is 18.0. The number of amides is 1. The van der Waals surface area contributed by atoms with E-state index in [1.807, 2.05) is 43.3 Å². The van der Waals surface area contributed by atoms with Crippen LogP contribution in [-0.4, -0.2) is 43.7 Å². The SMILES string of the molecule is COc1ccccc1C(CNC(=O)c1c(-c2c(F)cccc2Cl)noc1C)N(C)C. The summed E-state index contributed by atoms with van der Waals surface area (Å²) in [6.07, 6.45) is 0. The van der Waals surface area contributed by atoms with Gasteiger partial charge in [0.25, 0.3) is 5.91 Å². The fraction of sp³-hybridized carbons (Fsp3) is 0.273. The maximum Gasteiger partial charge on any atom is 0.257 e. The minimum Gasteiger partial charge on any atom is -0.496 e. The van der Waals surface area contributed by atoms with Gasteiger partial charge in [0.15, 0.2) is 0 Å². The Morgan fingerprint density at radius 3 is 2.67 bits per heavy atom. The maximum atomic E-state index is 14.4. The van der Waals surface area contributed by atoms with E-state index in [2.05, 4.69) is 10.5 Å². The van der Waals surface area contributed by atoms with E-state index in [0.717, 1.165) is 11.3 Å². The van der Waals surface area contributed by atoms with E-state index in [1.165, 1.54) is 18.2 Å². The lowest BCUT2D eigenvalue weighted by Gasteiger charge is -2.26. The minimum atomic E-state index is -0.579. The molecule has 0 fully saturated rings. The standard InChI is InChI=1S/C22H23ClFN3O3/c1-13-19(21(26-30-13)20-15(23)9-7-10-16(20)24)22(28)25-12-17(27(2)3)14-8-5-6-11-18(14)29-4/h5-11,17H,12H2,1-4H3,(H,25,28). The van der Waals surface area contributed by atoms with Gasteiger partial charge in [-0.1, -0.05) is 41.0 Å². The molecule has 1 atom stereocenters. The van der Waals surface area contributed by atoms with Crippen LogP contribution in [0.4, 0.5) is 4.39 Å². The Morgan fingerprint density at radius 1 is 1.27 bits per heavy atom. The number of hydrogen-bond acceptors (Lipinski definition) is 5. The second-order valence-corrected chi connectivity index (χ2v) is 7.40. The molecule has 0 spiro atoms. The predicted octanol–water partition coefficient (Wildman–Crippen LogP) is 4.48. The van der Waals surface area contributed by atoms with Crippen molar-refractivity contribution in [1.29, 1.82) is 0 Å². The lowest BCUT2D eigenvalue weighted by Crippen LogP contribution is -2.35. The summed E-state index contributed by atoms with van der Waals surface area (Å²) >= 11 is 6.16. The van der Waals surface area contributed by atoms with Crippen molar-refractivity contribution in [2.45, 2.75) is 13.0 Å². The van der Waals surface area contributed by atoms with Crippen LogP contribution in [0, 0.1) is 12.7 Å². The maximum absolute atomic E-state index is 14.4. The van der Waals surface area contributed by atoms with Crippen LogP contribution in [0.1, 0.15) is 27.7 Å². The molecule has 3 rings (SSSR count). The van der Waals surface area contributed by atoms with Crippen LogP contribution >= 0.6 is 11.6 Å². The zero-order valence-electron chi connectivity index (χ0n) is 17.2.